The van der Waals surface area contributed by atoms with Crippen molar-refractivity contribution < 1.29 is 4.74 Å². The van der Waals surface area contributed by atoms with Gasteiger partial charge in [-0.3, -0.25) is 4.40 Å². The van der Waals surface area contributed by atoms with Crippen LogP contribution in [-0.4, -0.2) is 14.4 Å². The maximum absolute atomic E-state index is 5.82. The number of nitrogen functional groups attached to an aromatic ring is 1. The van der Waals surface area contributed by atoms with Gasteiger partial charge in [0.2, 0.25) is 5.65 Å². The second kappa shape index (κ2) is 5.44. The molecule has 0 saturated carbocycles. The largest absolute Gasteiger partial charge is 0.436 e. The van der Waals surface area contributed by atoms with Crippen LogP contribution in [0.5, 0.6) is 11.6 Å². The number of hydrogen-bond acceptors (Lipinski definition) is 4. The molecular formula is C16H18N4O. The predicted octanol–water partition coefficient (Wildman–Crippen LogP) is 3.62. The third-order valence-electron chi connectivity index (χ3n) is 3.64. The summed E-state index contributed by atoms with van der Waals surface area (Å²) in [5.74, 6) is 2.08. The summed E-state index contributed by atoms with van der Waals surface area (Å²) in [5, 5.41) is 0. The van der Waals surface area contributed by atoms with Gasteiger partial charge < -0.3 is 10.5 Å². The van der Waals surface area contributed by atoms with E-state index in [1.165, 1.54) is 5.56 Å². The van der Waals surface area contributed by atoms with E-state index in [1.54, 1.807) is 16.8 Å². The molecule has 0 aliphatic heterocycles. The summed E-state index contributed by atoms with van der Waals surface area (Å²) in [4.78, 5) is 8.45. The molecule has 3 aromatic rings. The Morgan fingerprint density at radius 2 is 2.05 bits per heavy atom. The highest BCUT2D eigenvalue weighted by atomic mass is 16.5. The molecule has 1 aromatic carbocycles. The zero-order valence-corrected chi connectivity index (χ0v) is 12.2. The zero-order chi connectivity index (χ0) is 14.8. The van der Waals surface area contributed by atoms with Crippen LogP contribution in [0.3, 0.4) is 0 Å². The second-order valence-electron chi connectivity index (χ2n) is 5.11. The smallest absolute Gasteiger partial charge is 0.265 e. The van der Waals surface area contributed by atoms with Gasteiger partial charge >= 0.3 is 0 Å². The fraction of sp³-hybridized carbons (Fsp3) is 0.250. The topological polar surface area (TPSA) is 65.4 Å². The summed E-state index contributed by atoms with van der Waals surface area (Å²) in [5.41, 5.74) is 7.73. The minimum absolute atomic E-state index is 0.395. The van der Waals surface area contributed by atoms with Crippen LogP contribution in [0.1, 0.15) is 31.7 Å². The van der Waals surface area contributed by atoms with Crippen molar-refractivity contribution in [2.24, 2.45) is 0 Å². The lowest BCUT2D eigenvalue weighted by Gasteiger charge is -2.10. The van der Waals surface area contributed by atoms with Crippen molar-refractivity contribution in [3.8, 4) is 11.6 Å². The number of anilines is 1. The summed E-state index contributed by atoms with van der Waals surface area (Å²) in [6.45, 7) is 4.39. The van der Waals surface area contributed by atoms with E-state index in [2.05, 4.69) is 35.9 Å². The van der Waals surface area contributed by atoms with Gasteiger partial charge in [0, 0.05) is 12.4 Å². The average molecular weight is 282 g/mol. The first kappa shape index (κ1) is 13.4. The Balaban J connectivity index is 1.90. The summed E-state index contributed by atoms with van der Waals surface area (Å²) in [6, 6.07) is 8.06. The normalized spacial score (nSPS) is 12.5. The van der Waals surface area contributed by atoms with E-state index < -0.39 is 0 Å². The lowest BCUT2D eigenvalue weighted by Crippen LogP contribution is -1.99. The molecule has 5 heteroatoms. The van der Waals surface area contributed by atoms with E-state index in [0.29, 0.717) is 23.3 Å². The predicted molar refractivity (Wildman–Crippen MR) is 82.6 cm³/mol. The van der Waals surface area contributed by atoms with Gasteiger partial charge in [0.05, 0.1) is 6.20 Å². The Bertz CT molecular complexity index is 749. The van der Waals surface area contributed by atoms with Crippen LogP contribution in [0.2, 0.25) is 0 Å². The first-order valence-corrected chi connectivity index (χ1v) is 7.04. The molecule has 0 radical (unpaired) electrons. The minimum Gasteiger partial charge on any atom is -0.436 e. The Labute approximate surface area is 123 Å². The van der Waals surface area contributed by atoms with E-state index in [0.717, 1.165) is 12.2 Å². The van der Waals surface area contributed by atoms with Crippen LogP contribution in [0.15, 0.2) is 42.9 Å². The summed E-state index contributed by atoms with van der Waals surface area (Å²) < 4.78 is 7.62. The first-order valence-electron chi connectivity index (χ1n) is 7.04. The van der Waals surface area contributed by atoms with Crippen molar-refractivity contribution in [1.29, 1.82) is 0 Å². The third-order valence-corrected chi connectivity index (χ3v) is 3.64. The van der Waals surface area contributed by atoms with Crippen LogP contribution in [0.25, 0.3) is 5.65 Å². The number of aromatic nitrogens is 3. The fourth-order valence-corrected chi connectivity index (χ4v) is 2.20. The lowest BCUT2D eigenvalue weighted by atomic mass is 9.99. The molecule has 0 aliphatic rings. The number of nitrogens with two attached hydrogens (primary N) is 1. The van der Waals surface area contributed by atoms with Crippen LogP contribution >= 0.6 is 0 Å². The van der Waals surface area contributed by atoms with E-state index in [4.69, 9.17) is 10.5 Å². The average Bonchev–Trinajstić information content (AvgIpc) is 2.95. The lowest BCUT2D eigenvalue weighted by molar-refractivity contribution is 0.465. The van der Waals surface area contributed by atoms with E-state index in [1.807, 2.05) is 18.3 Å². The summed E-state index contributed by atoms with van der Waals surface area (Å²) >= 11 is 0. The molecule has 1 unspecified atom stereocenters. The molecule has 0 amide bonds. The van der Waals surface area contributed by atoms with Crippen molar-refractivity contribution in [1.82, 2.24) is 14.4 Å². The first-order chi connectivity index (χ1) is 10.2. The number of benzene rings is 1. The van der Waals surface area contributed by atoms with Crippen molar-refractivity contribution in [3.63, 3.8) is 0 Å². The fourth-order valence-electron chi connectivity index (χ4n) is 2.20. The molecule has 0 fully saturated rings. The molecule has 1 atom stereocenters. The highest BCUT2D eigenvalue weighted by Crippen LogP contribution is 2.26. The monoisotopic (exact) mass is 282 g/mol. The van der Waals surface area contributed by atoms with Gasteiger partial charge in [0.15, 0.2) is 0 Å². The molecule has 0 aliphatic carbocycles. The van der Waals surface area contributed by atoms with Gasteiger partial charge in [0.25, 0.3) is 5.88 Å². The quantitative estimate of drug-likeness (QED) is 0.793. The number of ether oxygens (including phenoxy) is 1. The Morgan fingerprint density at radius 1 is 1.29 bits per heavy atom. The molecule has 108 valence electrons. The van der Waals surface area contributed by atoms with Gasteiger partial charge in [-0.05, 0) is 30.0 Å². The van der Waals surface area contributed by atoms with Crippen molar-refractivity contribution in [2.45, 2.75) is 26.2 Å². The molecule has 5 nitrogen and oxygen atoms in total. The molecule has 0 bridgehead atoms. The molecule has 3 rings (SSSR count). The summed E-state index contributed by atoms with van der Waals surface area (Å²) in [7, 11) is 0. The van der Waals surface area contributed by atoms with Gasteiger partial charge in [0.1, 0.15) is 11.6 Å². The number of nitrogens with zero attached hydrogens (tertiary/aromatic N) is 3. The van der Waals surface area contributed by atoms with Crippen LogP contribution < -0.4 is 10.5 Å². The Morgan fingerprint density at radius 3 is 2.76 bits per heavy atom. The molecule has 21 heavy (non-hydrogen) atoms. The maximum Gasteiger partial charge on any atom is 0.265 e. The molecule has 2 aromatic heterocycles. The van der Waals surface area contributed by atoms with Crippen molar-refractivity contribution >= 4 is 11.5 Å². The zero-order valence-electron chi connectivity index (χ0n) is 12.2. The maximum atomic E-state index is 5.82. The number of fused-ring (bicyclic) bond motifs is 1. The number of hydrogen-bond donors (Lipinski definition) is 1. The van der Waals surface area contributed by atoms with Gasteiger partial charge in [-0.15, -0.1) is 0 Å². The van der Waals surface area contributed by atoms with Gasteiger partial charge in [-0.1, -0.05) is 26.0 Å². The highest BCUT2D eigenvalue weighted by Gasteiger charge is 2.09. The Hall–Kier alpha value is -2.56. The molecule has 2 N–H and O–H groups in total. The number of rotatable bonds is 4. The van der Waals surface area contributed by atoms with Crippen LogP contribution in [-0.2, 0) is 0 Å². The summed E-state index contributed by atoms with van der Waals surface area (Å²) in [6.07, 6.45) is 6.33. The molecule has 0 saturated heterocycles. The van der Waals surface area contributed by atoms with Gasteiger partial charge in [-0.25, -0.2) is 4.98 Å². The SMILES string of the molecule is CCC(C)c1ccc(Oc2nc(N)cn3ccnc23)cc1. The van der Waals surface area contributed by atoms with Crippen LogP contribution in [0, 0.1) is 0 Å². The minimum atomic E-state index is 0.395. The van der Waals surface area contributed by atoms with Crippen molar-refractivity contribution in [2.75, 3.05) is 5.73 Å². The standard InChI is InChI=1S/C16H18N4O/c1-3-11(2)12-4-6-13(7-5-12)21-16-15-18-8-9-20(15)10-14(17)19-16/h4-11H,3,17H2,1-2H3. The second-order valence-corrected chi connectivity index (χ2v) is 5.11. The van der Waals surface area contributed by atoms with E-state index in [9.17, 15) is 0 Å². The van der Waals surface area contributed by atoms with Gasteiger partial charge in [-0.2, -0.15) is 4.98 Å². The van der Waals surface area contributed by atoms with Crippen LogP contribution in [0.4, 0.5) is 5.82 Å². The van der Waals surface area contributed by atoms with E-state index in [-0.39, 0.29) is 0 Å². The third kappa shape index (κ3) is 2.67. The molecule has 0 spiro atoms. The molecule has 2 heterocycles. The van der Waals surface area contributed by atoms with E-state index >= 15 is 0 Å². The highest BCUT2D eigenvalue weighted by molar-refractivity contribution is 5.54. The Kier molecular flexibility index (Phi) is 3.48. The molecular weight excluding hydrogens is 264 g/mol. The van der Waals surface area contributed by atoms with Crippen molar-refractivity contribution in [3.05, 3.63) is 48.4 Å². The number of imidazole rings is 1.